The Balaban J connectivity index is 1.25. The molecule has 2 fully saturated rings. The van der Waals surface area contributed by atoms with E-state index in [-0.39, 0.29) is 52.2 Å². The van der Waals surface area contributed by atoms with Crippen LogP contribution in [0.2, 0.25) is 0 Å². The molecule has 0 unspecified atom stereocenters. The van der Waals surface area contributed by atoms with Crippen LogP contribution in [0.3, 0.4) is 0 Å². The van der Waals surface area contributed by atoms with Crippen LogP contribution in [0.5, 0.6) is 5.88 Å². The Hall–Kier alpha value is -4.51. The molecule has 1 amide bonds. The Labute approximate surface area is 295 Å². The summed E-state index contributed by atoms with van der Waals surface area (Å²) >= 11 is 0. The summed E-state index contributed by atoms with van der Waals surface area (Å²) in [7, 11) is -4.13. The first kappa shape index (κ1) is 34.0. The molecule has 4 heterocycles. The van der Waals surface area contributed by atoms with Crippen LogP contribution in [0.4, 0.5) is 11.8 Å². The summed E-state index contributed by atoms with van der Waals surface area (Å²) in [4.78, 5) is 32.7. The zero-order valence-corrected chi connectivity index (χ0v) is 30.3. The van der Waals surface area contributed by atoms with Gasteiger partial charge in [-0.25, -0.2) is 23.1 Å². The van der Waals surface area contributed by atoms with Gasteiger partial charge in [0.1, 0.15) is 12.4 Å². The van der Waals surface area contributed by atoms with Gasteiger partial charge in [0.05, 0.1) is 16.6 Å². The highest BCUT2D eigenvalue weighted by Gasteiger charge is 2.51. The predicted molar refractivity (Wildman–Crippen MR) is 195 cm³/mol. The first-order chi connectivity index (χ1) is 23.8. The maximum Gasteiger partial charge on any atom is 0.264 e. The van der Waals surface area contributed by atoms with E-state index in [2.05, 4.69) is 51.4 Å². The fraction of sp³-hybridized carbons (Fsp3) is 0.436. The molecule has 1 spiro atoms. The Bertz CT molecular complexity index is 1980. The van der Waals surface area contributed by atoms with Gasteiger partial charge in [-0.1, -0.05) is 51.1 Å². The molecule has 2 aromatic carbocycles. The van der Waals surface area contributed by atoms with E-state index in [9.17, 15) is 13.2 Å². The van der Waals surface area contributed by atoms with Crippen molar-refractivity contribution in [1.29, 1.82) is 0 Å². The Morgan fingerprint density at radius 3 is 2.34 bits per heavy atom. The van der Waals surface area contributed by atoms with Gasteiger partial charge in [-0.15, -0.1) is 0 Å². The number of benzene rings is 2. The summed E-state index contributed by atoms with van der Waals surface area (Å²) < 4.78 is 36.6. The van der Waals surface area contributed by atoms with Gasteiger partial charge in [0.25, 0.3) is 15.9 Å². The van der Waals surface area contributed by atoms with E-state index in [0.29, 0.717) is 17.7 Å². The molecule has 1 N–H and O–H groups in total. The van der Waals surface area contributed by atoms with Gasteiger partial charge in [0.15, 0.2) is 0 Å². The van der Waals surface area contributed by atoms with Gasteiger partial charge in [-0.05, 0) is 98.2 Å². The van der Waals surface area contributed by atoms with Crippen LogP contribution in [0, 0.1) is 24.7 Å². The van der Waals surface area contributed by atoms with E-state index in [4.69, 9.17) is 4.74 Å². The number of piperidine rings is 1. The number of ether oxygens (including phenoxy) is 1. The average Bonchev–Trinajstić information content (AvgIpc) is 3.06. The molecule has 11 heteroatoms. The molecular formula is C39H46N6O4S. The minimum Gasteiger partial charge on any atom is -0.475 e. The van der Waals surface area contributed by atoms with Gasteiger partial charge in [-0.3, -0.25) is 4.79 Å². The second kappa shape index (κ2) is 13.0. The Kier molecular flexibility index (Phi) is 8.82. The zero-order chi connectivity index (χ0) is 35.3. The van der Waals surface area contributed by atoms with Crippen molar-refractivity contribution in [2.24, 2.45) is 10.8 Å². The fourth-order valence-electron chi connectivity index (χ4n) is 8.07. The van der Waals surface area contributed by atoms with Crippen molar-refractivity contribution in [3.05, 3.63) is 89.6 Å². The van der Waals surface area contributed by atoms with E-state index >= 15 is 0 Å². The Morgan fingerprint density at radius 1 is 0.940 bits per heavy atom. The number of rotatable bonds is 4. The minimum absolute atomic E-state index is 0.00509. The summed E-state index contributed by atoms with van der Waals surface area (Å²) in [5, 5.41) is 0. The summed E-state index contributed by atoms with van der Waals surface area (Å²) in [5.74, 6) is 0.990. The number of hydrogen-bond donors (Lipinski definition) is 1. The van der Waals surface area contributed by atoms with Gasteiger partial charge in [0.2, 0.25) is 11.8 Å². The van der Waals surface area contributed by atoms with Gasteiger partial charge in [0, 0.05) is 42.5 Å². The molecule has 1 saturated carbocycles. The van der Waals surface area contributed by atoms with Crippen LogP contribution in [-0.4, -0.2) is 66.0 Å². The number of aryl methyl sites for hydroxylation is 2. The number of amides is 1. The lowest BCUT2D eigenvalue weighted by Crippen LogP contribution is -2.60. The summed E-state index contributed by atoms with van der Waals surface area (Å²) in [6.45, 7) is 12.6. The molecule has 2 aliphatic heterocycles. The number of carbonyl (C=O) groups excluding carboxylic acids is 1. The van der Waals surface area contributed by atoms with Crippen molar-refractivity contribution in [3.8, 4) is 17.1 Å². The molecule has 3 aliphatic rings. The molecule has 50 heavy (non-hydrogen) atoms. The summed E-state index contributed by atoms with van der Waals surface area (Å²) in [6.07, 6.45) is 6.38. The molecule has 1 saturated heterocycles. The van der Waals surface area contributed by atoms with Gasteiger partial charge >= 0.3 is 0 Å². The number of aromatic nitrogens is 3. The van der Waals surface area contributed by atoms with Crippen molar-refractivity contribution in [2.75, 3.05) is 29.3 Å². The highest BCUT2D eigenvalue weighted by atomic mass is 32.2. The van der Waals surface area contributed by atoms with Crippen LogP contribution < -0.4 is 14.4 Å². The van der Waals surface area contributed by atoms with Crippen molar-refractivity contribution in [1.82, 2.24) is 19.9 Å². The second-order valence-electron chi connectivity index (χ2n) is 15.5. The molecule has 4 aromatic rings. The first-order valence-corrected chi connectivity index (χ1v) is 19.0. The first-order valence-electron chi connectivity index (χ1n) is 17.5. The number of fused-ring (bicyclic) bond motifs is 4. The number of sulfonamides is 1. The maximum absolute atomic E-state index is 14.7. The lowest BCUT2D eigenvalue weighted by Gasteiger charge is -2.56. The zero-order valence-electron chi connectivity index (χ0n) is 29.5. The molecule has 7 rings (SSSR count). The molecule has 2 aromatic heterocycles. The fourth-order valence-corrected chi connectivity index (χ4v) is 9.06. The van der Waals surface area contributed by atoms with E-state index in [0.717, 1.165) is 61.3 Å². The number of carbonyl (C=O) groups is 1. The lowest BCUT2D eigenvalue weighted by molar-refractivity contribution is -0.0371. The largest absolute Gasteiger partial charge is 0.475 e. The number of nitrogens with zero attached hydrogens (tertiary/aromatic N) is 5. The van der Waals surface area contributed by atoms with Crippen LogP contribution in [0.15, 0.2) is 77.8 Å². The monoisotopic (exact) mass is 694 g/mol. The van der Waals surface area contributed by atoms with E-state index in [1.165, 1.54) is 12.1 Å². The van der Waals surface area contributed by atoms with Crippen molar-refractivity contribution >= 4 is 27.7 Å². The highest BCUT2D eigenvalue weighted by molar-refractivity contribution is 7.92. The SMILES string of the molecule is Cc1cccc(C)c1-c1cc2nc(n1)NS(=O)(=O)c1cccc(c1)C(=O)N(C1CC3(CCN(c4ccccn4)CC3)C1)[C@H](CC(C)(C)C)CO2. The van der Waals surface area contributed by atoms with E-state index in [1.54, 1.807) is 18.2 Å². The Morgan fingerprint density at radius 2 is 1.66 bits per heavy atom. The quantitative estimate of drug-likeness (QED) is 0.242. The van der Waals surface area contributed by atoms with E-state index < -0.39 is 10.0 Å². The maximum atomic E-state index is 14.7. The van der Waals surface area contributed by atoms with Crippen LogP contribution in [0.25, 0.3) is 11.3 Å². The number of nitrogens with one attached hydrogen (secondary N) is 1. The lowest BCUT2D eigenvalue weighted by atomic mass is 9.59. The van der Waals surface area contributed by atoms with Gasteiger partial charge < -0.3 is 14.5 Å². The average molecular weight is 695 g/mol. The summed E-state index contributed by atoms with van der Waals surface area (Å²) in [5.41, 5.74) is 3.82. The molecule has 4 bridgehead atoms. The smallest absolute Gasteiger partial charge is 0.264 e. The molecule has 0 radical (unpaired) electrons. The standard InChI is InChI=1S/C39H46N6O4S/c1-26-10-8-11-27(2)35(26)32-21-34-42-37(41-32)43-50(47,48)31-13-9-12-28(20-31)36(46)45(30(25-49-34)22-38(3,4)5)29-23-39(24-29)15-18-44(19-16-39)33-14-6-7-17-40-33/h6-14,17,20-21,29-30H,15-16,18-19,22-25H2,1-5H3,(H,41,42,43)/t30-/m1/s1. The van der Waals surface area contributed by atoms with Crippen LogP contribution >= 0.6 is 0 Å². The van der Waals surface area contributed by atoms with E-state index in [1.807, 2.05) is 55.3 Å². The highest BCUT2D eigenvalue weighted by Crippen LogP contribution is 2.52. The molecule has 262 valence electrons. The van der Waals surface area contributed by atoms with Crippen LogP contribution in [-0.2, 0) is 10.0 Å². The van der Waals surface area contributed by atoms with Crippen molar-refractivity contribution in [3.63, 3.8) is 0 Å². The topological polar surface area (TPSA) is 118 Å². The van der Waals surface area contributed by atoms with Gasteiger partial charge in [-0.2, -0.15) is 4.98 Å². The third kappa shape index (κ3) is 6.92. The third-order valence-corrected chi connectivity index (χ3v) is 11.8. The number of anilines is 2. The number of hydrogen-bond acceptors (Lipinski definition) is 8. The molecule has 1 atom stereocenters. The predicted octanol–water partition coefficient (Wildman–Crippen LogP) is 7.04. The van der Waals surface area contributed by atoms with Crippen LogP contribution in [0.1, 0.15) is 74.4 Å². The van der Waals surface area contributed by atoms with Crippen molar-refractivity contribution < 1.29 is 17.9 Å². The third-order valence-electron chi connectivity index (χ3n) is 10.5. The second-order valence-corrected chi connectivity index (χ2v) is 17.2. The molecule has 10 nitrogen and oxygen atoms in total. The van der Waals surface area contributed by atoms with Crippen molar-refractivity contribution in [2.45, 2.75) is 83.7 Å². The molecular weight excluding hydrogens is 649 g/mol. The molecule has 1 aliphatic carbocycles. The summed E-state index contributed by atoms with van der Waals surface area (Å²) in [6, 6.07) is 19.8. The normalized spacial score (nSPS) is 20.5. The number of pyridine rings is 1. The minimum atomic E-state index is -4.13.